The zero-order valence-corrected chi connectivity index (χ0v) is 12.6. The van der Waals surface area contributed by atoms with Gasteiger partial charge in [0.1, 0.15) is 11.3 Å². The minimum atomic E-state index is 0.146. The van der Waals surface area contributed by atoms with E-state index < -0.39 is 0 Å². The van der Waals surface area contributed by atoms with Crippen LogP contribution in [-0.2, 0) is 6.42 Å². The first-order valence-corrected chi connectivity index (χ1v) is 6.95. The summed E-state index contributed by atoms with van der Waals surface area (Å²) in [4.78, 5) is 9.17. The van der Waals surface area contributed by atoms with Gasteiger partial charge in [0, 0.05) is 30.7 Å². The summed E-state index contributed by atoms with van der Waals surface area (Å²) in [5.41, 5.74) is 2.12. The standard InChI is InChI=1S/C15H24N4/c1-11(2)19-13(8-10-17-15(3,4)5)18-12-7-6-9-16-14(12)19/h6-7,9,11,17H,8,10H2,1-5H3. The van der Waals surface area contributed by atoms with E-state index >= 15 is 0 Å². The summed E-state index contributed by atoms with van der Waals surface area (Å²) >= 11 is 0. The Morgan fingerprint density at radius 3 is 2.68 bits per heavy atom. The average molecular weight is 260 g/mol. The van der Waals surface area contributed by atoms with E-state index in [1.54, 1.807) is 0 Å². The molecule has 0 fully saturated rings. The van der Waals surface area contributed by atoms with Crippen LogP contribution in [0.4, 0.5) is 0 Å². The van der Waals surface area contributed by atoms with Crippen molar-refractivity contribution in [2.45, 2.75) is 52.6 Å². The summed E-state index contributed by atoms with van der Waals surface area (Å²) in [6, 6.07) is 4.35. The van der Waals surface area contributed by atoms with E-state index in [0.717, 1.165) is 30.0 Å². The summed E-state index contributed by atoms with van der Waals surface area (Å²) in [6.07, 6.45) is 2.76. The summed E-state index contributed by atoms with van der Waals surface area (Å²) in [5, 5.41) is 3.51. The van der Waals surface area contributed by atoms with Gasteiger partial charge in [-0.2, -0.15) is 0 Å². The van der Waals surface area contributed by atoms with Crippen LogP contribution < -0.4 is 5.32 Å². The number of hydrogen-bond donors (Lipinski definition) is 1. The van der Waals surface area contributed by atoms with Crippen LogP contribution in [0.5, 0.6) is 0 Å². The number of aromatic nitrogens is 3. The fourth-order valence-corrected chi connectivity index (χ4v) is 2.24. The zero-order chi connectivity index (χ0) is 14.0. The van der Waals surface area contributed by atoms with Crippen LogP contribution in [0.1, 0.15) is 46.5 Å². The van der Waals surface area contributed by atoms with E-state index in [-0.39, 0.29) is 5.54 Å². The van der Waals surface area contributed by atoms with Gasteiger partial charge in [-0.05, 0) is 46.8 Å². The second-order valence-electron chi connectivity index (χ2n) is 6.26. The summed E-state index contributed by atoms with van der Waals surface area (Å²) in [6.45, 7) is 11.8. The van der Waals surface area contributed by atoms with Crippen molar-refractivity contribution in [1.82, 2.24) is 19.9 Å². The lowest BCUT2D eigenvalue weighted by Crippen LogP contribution is -2.37. The van der Waals surface area contributed by atoms with Gasteiger partial charge in [-0.15, -0.1) is 0 Å². The second-order valence-corrected chi connectivity index (χ2v) is 6.26. The molecule has 4 nitrogen and oxygen atoms in total. The predicted molar refractivity (Wildman–Crippen MR) is 79.4 cm³/mol. The quantitative estimate of drug-likeness (QED) is 0.919. The Bertz CT molecular complexity index is 549. The van der Waals surface area contributed by atoms with Gasteiger partial charge in [0.2, 0.25) is 0 Å². The van der Waals surface area contributed by atoms with Crippen molar-refractivity contribution in [3.8, 4) is 0 Å². The molecular formula is C15H24N4. The van der Waals surface area contributed by atoms with E-state index in [4.69, 9.17) is 4.98 Å². The number of imidazole rings is 1. The van der Waals surface area contributed by atoms with Gasteiger partial charge in [0.15, 0.2) is 5.65 Å². The minimum absolute atomic E-state index is 0.146. The molecule has 0 aliphatic rings. The first-order valence-electron chi connectivity index (χ1n) is 6.95. The third-order valence-electron chi connectivity index (χ3n) is 3.04. The Labute approximate surface area is 115 Å². The van der Waals surface area contributed by atoms with E-state index in [2.05, 4.69) is 49.5 Å². The molecule has 19 heavy (non-hydrogen) atoms. The molecule has 2 rings (SSSR count). The molecule has 0 bridgehead atoms. The molecule has 0 spiro atoms. The van der Waals surface area contributed by atoms with Crippen molar-refractivity contribution in [2.75, 3.05) is 6.54 Å². The van der Waals surface area contributed by atoms with Gasteiger partial charge in [-0.3, -0.25) is 0 Å². The third kappa shape index (κ3) is 3.32. The smallest absolute Gasteiger partial charge is 0.160 e. The molecule has 2 aromatic rings. The highest BCUT2D eigenvalue weighted by Gasteiger charge is 2.15. The first-order chi connectivity index (χ1) is 8.88. The van der Waals surface area contributed by atoms with Crippen LogP contribution in [0.2, 0.25) is 0 Å². The Morgan fingerprint density at radius 2 is 2.05 bits per heavy atom. The monoisotopic (exact) mass is 260 g/mol. The Morgan fingerprint density at radius 1 is 1.32 bits per heavy atom. The molecule has 0 aliphatic heterocycles. The summed E-state index contributed by atoms with van der Waals surface area (Å²) in [7, 11) is 0. The molecule has 0 radical (unpaired) electrons. The SMILES string of the molecule is CC(C)n1c(CCNC(C)(C)C)nc2cccnc21. The fourth-order valence-electron chi connectivity index (χ4n) is 2.24. The highest BCUT2D eigenvalue weighted by molar-refractivity contribution is 5.71. The molecule has 0 saturated carbocycles. The topological polar surface area (TPSA) is 42.7 Å². The van der Waals surface area contributed by atoms with E-state index in [1.165, 1.54) is 0 Å². The van der Waals surface area contributed by atoms with Crippen LogP contribution in [-0.4, -0.2) is 26.6 Å². The highest BCUT2D eigenvalue weighted by atomic mass is 15.1. The van der Waals surface area contributed by atoms with Crippen LogP contribution in [0.15, 0.2) is 18.3 Å². The van der Waals surface area contributed by atoms with Crippen molar-refractivity contribution >= 4 is 11.2 Å². The first kappa shape index (κ1) is 14.0. The summed E-state index contributed by atoms with van der Waals surface area (Å²) in [5.74, 6) is 1.11. The Kier molecular flexibility index (Phi) is 3.90. The van der Waals surface area contributed by atoms with Gasteiger partial charge >= 0.3 is 0 Å². The molecule has 0 aliphatic carbocycles. The van der Waals surface area contributed by atoms with Gasteiger partial charge in [-0.25, -0.2) is 9.97 Å². The normalized spacial score (nSPS) is 12.5. The van der Waals surface area contributed by atoms with Crippen molar-refractivity contribution in [1.29, 1.82) is 0 Å². The number of rotatable bonds is 4. The van der Waals surface area contributed by atoms with Gasteiger partial charge in [-0.1, -0.05) is 0 Å². The molecule has 2 heterocycles. The van der Waals surface area contributed by atoms with Crippen LogP contribution >= 0.6 is 0 Å². The lowest BCUT2D eigenvalue weighted by Gasteiger charge is -2.20. The lowest BCUT2D eigenvalue weighted by atomic mass is 10.1. The van der Waals surface area contributed by atoms with Crippen molar-refractivity contribution in [3.05, 3.63) is 24.2 Å². The summed E-state index contributed by atoms with van der Waals surface area (Å²) < 4.78 is 2.24. The van der Waals surface area contributed by atoms with Crippen LogP contribution in [0, 0.1) is 0 Å². The predicted octanol–water partition coefficient (Wildman–Crippen LogP) is 2.94. The van der Waals surface area contributed by atoms with Crippen LogP contribution in [0.25, 0.3) is 11.2 Å². The zero-order valence-electron chi connectivity index (χ0n) is 12.6. The van der Waals surface area contributed by atoms with Crippen LogP contribution in [0.3, 0.4) is 0 Å². The molecule has 0 aromatic carbocycles. The van der Waals surface area contributed by atoms with Gasteiger partial charge in [0.05, 0.1) is 0 Å². The van der Waals surface area contributed by atoms with Crippen molar-refractivity contribution in [2.24, 2.45) is 0 Å². The fraction of sp³-hybridized carbons (Fsp3) is 0.600. The largest absolute Gasteiger partial charge is 0.312 e. The second kappa shape index (κ2) is 5.29. The minimum Gasteiger partial charge on any atom is -0.312 e. The molecule has 0 amide bonds. The molecule has 0 atom stereocenters. The van der Waals surface area contributed by atoms with E-state index in [9.17, 15) is 0 Å². The van der Waals surface area contributed by atoms with Crippen molar-refractivity contribution < 1.29 is 0 Å². The molecule has 4 heteroatoms. The van der Waals surface area contributed by atoms with E-state index in [0.29, 0.717) is 6.04 Å². The van der Waals surface area contributed by atoms with Gasteiger partial charge < -0.3 is 9.88 Å². The third-order valence-corrected chi connectivity index (χ3v) is 3.04. The number of hydrogen-bond acceptors (Lipinski definition) is 3. The Hall–Kier alpha value is -1.42. The van der Waals surface area contributed by atoms with E-state index in [1.807, 2.05) is 18.3 Å². The molecule has 0 saturated heterocycles. The highest BCUT2D eigenvalue weighted by Crippen LogP contribution is 2.19. The van der Waals surface area contributed by atoms with Gasteiger partial charge in [0.25, 0.3) is 0 Å². The number of pyridine rings is 1. The molecular weight excluding hydrogens is 236 g/mol. The average Bonchev–Trinajstić information content (AvgIpc) is 2.65. The molecule has 0 unspecified atom stereocenters. The maximum absolute atomic E-state index is 4.71. The maximum atomic E-state index is 4.71. The molecule has 104 valence electrons. The lowest BCUT2D eigenvalue weighted by molar-refractivity contribution is 0.424. The Balaban J connectivity index is 2.24. The molecule has 2 aromatic heterocycles. The number of fused-ring (bicyclic) bond motifs is 1. The molecule has 1 N–H and O–H groups in total. The number of nitrogens with one attached hydrogen (secondary N) is 1. The maximum Gasteiger partial charge on any atom is 0.160 e. The number of nitrogens with zero attached hydrogens (tertiary/aromatic N) is 3. The van der Waals surface area contributed by atoms with Crippen molar-refractivity contribution in [3.63, 3.8) is 0 Å².